The highest BCUT2D eigenvalue weighted by Crippen LogP contribution is 2.59. The Labute approximate surface area is 107 Å². The summed E-state index contributed by atoms with van der Waals surface area (Å²) >= 11 is 1.61. The van der Waals surface area contributed by atoms with Crippen molar-refractivity contribution in [2.75, 3.05) is 5.75 Å². The van der Waals surface area contributed by atoms with Gasteiger partial charge in [-0.25, -0.2) is 4.39 Å². The fraction of sp³-hybridized carbons (Fsp3) is 0.417. The van der Waals surface area contributed by atoms with Crippen molar-refractivity contribution in [2.24, 2.45) is 10.9 Å². The number of hydrogen-bond donors (Lipinski definition) is 0. The molecule has 2 unspecified atom stereocenters. The van der Waals surface area contributed by atoms with Crippen molar-refractivity contribution in [3.8, 4) is 0 Å². The zero-order valence-corrected chi connectivity index (χ0v) is 10.3. The van der Waals surface area contributed by atoms with Crippen LogP contribution in [0.3, 0.4) is 0 Å². The van der Waals surface area contributed by atoms with Crippen LogP contribution in [0.2, 0.25) is 0 Å². The molecule has 0 amide bonds. The lowest BCUT2D eigenvalue weighted by Crippen LogP contribution is -2.10. The second kappa shape index (κ2) is 4.05. The molecule has 0 radical (unpaired) electrons. The highest BCUT2D eigenvalue weighted by molar-refractivity contribution is 8.12. The van der Waals surface area contributed by atoms with Gasteiger partial charge in [-0.3, -0.25) is 15.1 Å². The molecule has 0 N–H and O–H groups in total. The fourth-order valence-electron chi connectivity index (χ4n) is 2.57. The molecule has 0 saturated heterocycles. The molecule has 18 heavy (non-hydrogen) atoms. The number of nitrogens with zero attached hydrogens (tertiary/aromatic N) is 2. The first-order valence-electron chi connectivity index (χ1n) is 5.73. The van der Waals surface area contributed by atoms with Gasteiger partial charge in [0.15, 0.2) is 0 Å². The third kappa shape index (κ3) is 1.71. The molecule has 0 aromatic heterocycles. The van der Waals surface area contributed by atoms with Crippen molar-refractivity contribution in [3.63, 3.8) is 0 Å². The second-order valence-electron chi connectivity index (χ2n) is 4.64. The average molecular weight is 266 g/mol. The van der Waals surface area contributed by atoms with Crippen molar-refractivity contribution in [2.45, 2.75) is 18.4 Å². The summed E-state index contributed by atoms with van der Waals surface area (Å²) in [6, 6.07) is 3.70. The number of non-ortho nitro benzene ring substituents is 1. The van der Waals surface area contributed by atoms with E-state index >= 15 is 0 Å². The molecule has 3 rings (SSSR count). The highest BCUT2D eigenvalue weighted by atomic mass is 32.2. The van der Waals surface area contributed by atoms with E-state index in [1.165, 1.54) is 18.2 Å². The first-order chi connectivity index (χ1) is 8.63. The van der Waals surface area contributed by atoms with Crippen molar-refractivity contribution < 1.29 is 9.31 Å². The minimum absolute atomic E-state index is 0.0708. The molecule has 1 heterocycles. The van der Waals surface area contributed by atoms with Crippen molar-refractivity contribution in [1.82, 2.24) is 0 Å². The first kappa shape index (κ1) is 11.6. The molecule has 1 aromatic rings. The van der Waals surface area contributed by atoms with Crippen LogP contribution in [-0.2, 0) is 5.54 Å². The summed E-state index contributed by atoms with van der Waals surface area (Å²) in [5.41, 5.74) is 1.52. The van der Waals surface area contributed by atoms with Gasteiger partial charge >= 0.3 is 0 Å². The Kier molecular flexibility index (Phi) is 2.62. The maximum atomic E-state index is 13.9. The summed E-state index contributed by atoms with van der Waals surface area (Å²) < 4.78 is 13.9. The van der Waals surface area contributed by atoms with E-state index in [1.54, 1.807) is 17.3 Å². The molecule has 0 bridgehead atoms. The number of thioether (sulfide) groups is 1. The van der Waals surface area contributed by atoms with E-state index in [2.05, 4.69) is 4.99 Å². The third-order valence-electron chi connectivity index (χ3n) is 3.64. The number of hydrogen-bond acceptors (Lipinski definition) is 4. The van der Waals surface area contributed by atoms with Crippen LogP contribution >= 0.6 is 11.8 Å². The molecular formula is C12H11FN2O2S. The Morgan fingerprint density at radius 2 is 2.39 bits per heavy atom. The Balaban J connectivity index is 2.06. The molecule has 4 nitrogen and oxygen atoms in total. The highest BCUT2D eigenvalue weighted by Gasteiger charge is 2.57. The summed E-state index contributed by atoms with van der Waals surface area (Å²) in [6.07, 6.45) is 1.77. The molecule has 6 heteroatoms. The quantitative estimate of drug-likeness (QED) is 0.610. The van der Waals surface area contributed by atoms with Crippen LogP contribution in [0, 0.1) is 21.8 Å². The Morgan fingerprint density at radius 3 is 3.17 bits per heavy atom. The first-order valence-corrected chi connectivity index (χ1v) is 6.78. The van der Waals surface area contributed by atoms with E-state index in [0.29, 0.717) is 11.5 Å². The van der Waals surface area contributed by atoms with Crippen LogP contribution in [0.1, 0.15) is 18.4 Å². The Hall–Kier alpha value is -1.43. The zero-order chi connectivity index (χ0) is 12.8. The van der Waals surface area contributed by atoms with E-state index in [0.717, 1.165) is 18.6 Å². The summed E-state index contributed by atoms with van der Waals surface area (Å²) in [7, 11) is 0. The van der Waals surface area contributed by atoms with Gasteiger partial charge in [-0.15, -0.1) is 11.8 Å². The van der Waals surface area contributed by atoms with Crippen LogP contribution in [0.4, 0.5) is 10.1 Å². The number of nitro groups is 1. The molecule has 2 atom stereocenters. The SMILES string of the molecule is O=[N+]([O-])c1ccc(F)c(C23CC2CCSC=N3)c1. The van der Waals surface area contributed by atoms with Crippen molar-refractivity contribution in [1.29, 1.82) is 0 Å². The number of fused-ring (bicyclic) bond motifs is 1. The van der Waals surface area contributed by atoms with Crippen LogP contribution in [0.15, 0.2) is 23.2 Å². The van der Waals surface area contributed by atoms with Gasteiger partial charge in [-0.05, 0) is 30.6 Å². The number of rotatable bonds is 2. The lowest BCUT2D eigenvalue weighted by Gasteiger charge is -2.12. The number of benzene rings is 1. The molecule has 2 aliphatic rings. The maximum Gasteiger partial charge on any atom is 0.270 e. The van der Waals surface area contributed by atoms with Crippen LogP contribution < -0.4 is 0 Å². The maximum absolute atomic E-state index is 13.9. The standard InChI is InChI=1S/C12H11FN2O2S/c13-11-2-1-9(15(16)17)5-10(11)12-6-8(12)3-4-18-7-14-12/h1-2,5,7-8H,3-4,6H2. The Bertz CT molecular complexity index is 549. The Morgan fingerprint density at radius 1 is 1.56 bits per heavy atom. The molecular weight excluding hydrogens is 255 g/mol. The summed E-state index contributed by atoms with van der Waals surface area (Å²) in [5, 5.41) is 10.8. The van der Waals surface area contributed by atoms with Gasteiger partial charge in [0.25, 0.3) is 5.69 Å². The predicted octanol–water partition coefficient (Wildman–Crippen LogP) is 3.11. The molecule has 1 fully saturated rings. The van der Waals surface area contributed by atoms with Gasteiger partial charge in [0.1, 0.15) is 5.82 Å². The number of aliphatic imine (C=N–C) groups is 1. The minimum atomic E-state index is -0.542. The predicted molar refractivity (Wildman–Crippen MR) is 68.4 cm³/mol. The molecule has 1 aromatic carbocycles. The number of nitro benzene ring substituents is 1. The van der Waals surface area contributed by atoms with Crippen LogP contribution in [-0.4, -0.2) is 16.2 Å². The largest absolute Gasteiger partial charge is 0.275 e. The average Bonchev–Trinajstić information content (AvgIpc) is 3.03. The lowest BCUT2D eigenvalue weighted by atomic mass is 10.0. The van der Waals surface area contributed by atoms with Gasteiger partial charge in [-0.1, -0.05) is 0 Å². The van der Waals surface area contributed by atoms with Crippen LogP contribution in [0.5, 0.6) is 0 Å². The van der Waals surface area contributed by atoms with Gasteiger partial charge in [0.2, 0.25) is 0 Å². The van der Waals surface area contributed by atoms with Crippen molar-refractivity contribution >= 4 is 23.0 Å². The molecule has 94 valence electrons. The molecule has 1 aliphatic carbocycles. The molecule has 0 spiro atoms. The van der Waals surface area contributed by atoms with E-state index < -0.39 is 16.3 Å². The molecule has 1 saturated carbocycles. The normalized spacial score (nSPS) is 29.5. The summed E-state index contributed by atoms with van der Waals surface area (Å²) in [4.78, 5) is 14.7. The fourth-order valence-corrected chi connectivity index (χ4v) is 3.36. The van der Waals surface area contributed by atoms with Gasteiger partial charge < -0.3 is 0 Å². The third-order valence-corrected chi connectivity index (χ3v) is 4.37. The topological polar surface area (TPSA) is 55.5 Å². The van der Waals surface area contributed by atoms with E-state index in [1.807, 2.05) is 0 Å². The van der Waals surface area contributed by atoms with Crippen LogP contribution in [0.25, 0.3) is 0 Å². The van der Waals surface area contributed by atoms with Crippen molar-refractivity contribution in [3.05, 3.63) is 39.7 Å². The number of halogens is 1. The monoisotopic (exact) mass is 266 g/mol. The molecule has 1 aliphatic heterocycles. The van der Waals surface area contributed by atoms with E-state index in [9.17, 15) is 14.5 Å². The van der Waals surface area contributed by atoms with E-state index in [-0.39, 0.29) is 5.69 Å². The minimum Gasteiger partial charge on any atom is -0.275 e. The van der Waals surface area contributed by atoms with E-state index in [4.69, 9.17) is 0 Å². The van der Waals surface area contributed by atoms with Gasteiger partial charge in [-0.2, -0.15) is 0 Å². The summed E-state index contributed by atoms with van der Waals surface area (Å²) in [5.74, 6) is 0.902. The zero-order valence-electron chi connectivity index (χ0n) is 9.51. The smallest absolute Gasteiger partial charge is 0.270 e. The summed E-state index contributed by atoms with van der Waals surface area (Å²) in [6.45, 7) is 0. The lowest BCUT2D eigenvalue weighted by molar-refractivity contribution is -0.385. The van der Waals surface area contributed by atoms with Gasteiger partial charge in [0, 0.05) is 17.7 Å². The second-order valence-corrected chi connectivity index (χ2v) is 5.59. The van der Waals surface area contributed by atoms with Gasteiger partial charge in [0.05, 0.1) is 16.0 Å².